The zero-order valence-electron chi connectivity index (χ0n) is 15.2. The average Bonchev–Trinajstić information content (AvgIpc) is 2.46. The Kier molecular flexibility index (Phi) is 8.64. The molecule has 0 aromatic rings. The maximum atomic E-state index is 12.4. The molecular weight excluding hydrogens is 292 g/mol. The van der Waals surface area contributed by atoms with Gasteiger partial charge in [0, 0.05) is 0 Å². The standard InChI is InChI=1S/C19H34O4/c1-13(2)7-5-10-17(11-14(3)4)23-19(22)16-9-6-8-15(12-16)18(20)21/h13-17H,5-12H2,1-4H3,(H,20,21). The normalized spacial score (nSPS) is 23.0. The van der Waals surface area contributed by atoms with Crippen molar-refractivity contribution in [2.45, 2.75) is 85.2 Å². The molecule has 0 aliphatic heterocycles. The zero-order valence-corrected chi connectivity index (χ0v) is 15.2. The fraction of sp³-hybridized carbons (Fsp3) is 0.895. The summed E-state index contributed by atoms with van der Waals surface area (Å²) in [5, 5.41) is 9.15. The Labute approximate surface area is 141 Å². The minimum absolute atomic E-state index is 0.0218. The highest BCUT2D eigenvalue weighted by Crippen LogP contribution is 2.31. The predicted molar refractivity (Wildman–Crippen MR) is 91.1 cm³/mol. The maximum absolute atomic E-state index is 12.4. The summed E-state index contributed by atoms with van der Waals surface area (Å²) in [6.45, 7) is 8.70. The number of hydrogen-bond donors (Lipinski definition) is 1. The number of carbonyl (C=O) groups excluding carboxylic acids is 1. The average molecular weight is 326 g/mol. The first-order valence-electron chi connectivity index (χ1n) is 9.22. The Balaban J connectivity index is 2.52. The van der Waals surface area contributed by atoms with Crippen molar-refractivity contribution in [2.75, 3.05) is 0 Å². The van der Waals surface area contributed by atoms with E-state index in [1.165, 1.54) is 0 Å². The monoisotopic (exact) mass is 326 g/mol. The van der Waals surface area contributed by atoms with Crippen LogP contribution in [0.4, 0.5) is 0 Å². The molecule has 0 spiro atoms. The van der Waals surface area contributed by atoms with E-state index in [0.717, 1.165) is 38.5 Å². The molecule has 0 aromatic carbocycles. The Hall–Kier alpha value is -1.06. The van der Waals surface area contributed by atoms with Crippen LogP contribution >= 0.6 is 0 Å². The lowest BCUT2D eigenvalue weighted by Gasteiger charge is -2.28. The van der Waals surface area contributed by atoms with E-state index in [-0.39, 0.29) is 23.9 Å². The summed E-state index contributed by atoms with van der Waals surface area (Å²) in [5.74, 6) is -0.412. The van der Waals surface area contributed by atoms with Gasteiger partial charge in [-0.1, -0.05) is 40.5 Å². The summed E-state index contributed by atoms with van der Waals surface area (Å²) in [6, 6.07) is 0. The molecule has 1 saturated carbocycles. The van der Waals surface area contributed by atoms with Crippen LogP contribution in [0, 0.1) is 23.7 Å². The minimum Gasteiger partial charge on any atom is -0.481 e. The zero-order chi connectivity index (χ0) is 17.4. The molecule has 1 aliphatic rings. The van der Waals surface area contributed by atoms with Crippen molar-refractivity contribution >= 4 is 11.9 Å². The molecule has 1 fully saturated rings. The Morgan fingerprint density at radius 3 is 2.26 bits per heavy atom. The lowest BCUT2D eigenvalue weighted by Crippen LogP contribution is -2.31. The van der Waals surface area contributed by atoms with Crippen LogP contribution in [0.1, 0.15) is 79.1 Å². The van der Waals surface area contributed by atoms with E-state index >= 15 is 0 Å². The summed E-state index contributed by atoms with van der Waals surface area (Å²) in [7, 11) is 0. The highest BCUT2D eigenvalue weighted by atomic mass is 16.5. The van der Waals surface area contributed by atoms with Crippen molar-refractivity contribution < 1.29 is 19.4 Å². The number of aliphatic carboxylic acids is 1. The topological polar surface area (TPSA) is 63.6 Å². The molecule has 4 heteroatoms. The third-order valence-electron chi connectivity index (χ3n) is 4.68. The van der Waals surface area contributed by atoms with Crippen LogP contribution in [0.3, 0.4) is 0 Å². The second kappa shape index (κ2) is 9.94. The van der Waals surface area contributed by atoms with E-state index in [9.17, 15) is 9.59 Å². The van der Waals surface area contributed by atoms with Gasteiger partial charge in [0.2, 0.25) is 0 Å². The molecule has 0 heterocycles. The summed E-state index contributed by atoms with van der Waals surface area (Å²) < 4.78 is 5.78. The van der Waals surface area contributed by atoms with Crippen molar-refractivity contribution in [1.29, 1.82) is 0 Å². The number of ether oxygens (including phenoxy) is 1. The largest absolute Gasteiger partial charge is 0.481 e. The van der Waals surface area contributed by atoms with Crippen molar-refractivity contribution in [2.24, 2.45) is 23.7 Å². The van der Waals surface area contributed by atoms with Crippen LogP contribution in [0.15, 0.2) is 0 Å². The second-order valence-corrected chi connectivity index (χ2v) is 7.91. The highest BCUT2D eigenvalue weighted by Gasteiger charge is 2.33. The van der Waals surface area contributed by atoms with Crippen molar-refractivity contribution in [1.82, 2.24) is 0 Å². The van der Waals surface area contributed by atoms with Gasteiger partial charge in [0.25, 0.3) is 0 Å². The van der Waals surface area contributed by atoms with Gasteiger partial charge in [-0.15, -0.1) is 0 Å². The highest BCUT2D eigenvalue weighted by molar-refractivity contribution is 5.75. The molecule has 1 aliphatic carbocycles. The quantitative estimate of drug-likeness (QED) is 0.626. The molecule has 0 aromatic heterocycles. The fourth-order valence-electron chi connectivity index (χ4n) is 3.39. The van der Waals surface area contributed by atoms with Crippen LogP contribution in [0.2, 0.25) is 0 Å². The maximum Gasteiger partial charge on any atom is 0.309 e. The fourth-order valence-corrected chi connectivity index (χ4v) is 3.39. The van der Waals surface area contributed by atoms with E-state index in [1.54, 1.807) is 0 Å². The van der Waals surface area contributed by atoms with E-state index < -0.39 is 5.97 Å². The van der Waals surface area contributed by atoms with Gasteiger partial charge in [0.1, 0.15) is 6.10 Å². The molecule has 4 nitrogen and oxygen atoms in total. The van der Waals surface area contributed by atoms with E-state index in [1.807, 2.05) is 0 Å². The third-order valence-corrected chi connectivity index (χ3v) is 4.68. The van der Waals surface area contributed by atoms with Gasteiger partial charge in [-0.3, -0.25) is 9.59 Å². The van der Waals surface area contributed by atoms with Crippen LogP contribution < -0.4 is 0 Å². The summed E-state index contributed by atoms with van der Waals surface area (Å²) in [4.78, 5) is 23.6. The molecule has 0 radical (unpaired) electrons. The molecule has 3 unspecified atom stereocenters. The van der Waals surface area contributed by atoms with Crippen molar-refractivity contribution in [3.05, 3.63) is 0 Å². The lowest BCUT2D eigenvalue weighted by atomic mass is 9.81. The Morgan fingerprint density at radius 2 is 1.70 bits per heavy atom. The number of rotatable bonds is 9. The van der Waals surface area contributed by atoms with Gasteiger partial charge in [-0.2, -0.15) is 0 Å². The van der Waals surface area contributed by atoms with E-state index in [4.69, 9.17) is 9.84 Å². The summed E-state index contributed by atoms with van der Waals surface area (Å²) in [6.07, 6.45) is 6.70. The number of esters is 1. The number of hydrogen-bond acceptors (Lipinski definition) is 3. The Bertz CT molecular complexity index is 376. The van der Waals surface area contributed by atoms with Crippen LogP contribution in [0.5, 0.6) is 0 Å². The number of carboxylic acids is 1. The van der Waals surface area contributed by atoms with Gasteiger partial charge < -0.3 is 9.84 Å². The summed E-state index contributed by atoms with van der Waals surface area (Å²) in [5.41, 5.74) is 0. The molecule has 0 bridgehead atoms. The first kappa shape index (κ1) is 20.0. The minimum atomic E-state index is -0.779. The van der Waals surface area contributed by atoms with Crippen LogP contribution in [-0.2, 0) is 14.3 Å². The molecule has 0 saturated heterocycles. The van der Waals surface area contributed by atoms with Crippen LogP contribution in [-0.4, -0.2) is 23.1 Å². The van der Waals surface area contributed by atoms with Crippen LogP contribution in [0.25, 0.3) is 0 Å². The third kappa shape index (κ3) is 7.85. The van der Waals surface area contributed by atoms with E-state index in [2.05, 4.69) is 27.7 Å². The molecule has 23 heavy (non-hydrogen) atoms. The predicted octanol–water partition coefficient (Wildman–Crippen LogP) is 4.66. The molecular formula is C19H34O4. The van der Waals surface area contributed by atoms with E-state index in [0.29, 0.717) is 24.7 Å². The molecule has 3 atom stereocenters. The first-order chi connectivity index (χ1) is 10.8. The molecule has 1 N–H and O–H groups in total. The molecule has 1 rings (SSSR count). The number of carbonyl (C=O) groups is 2. The summed E-state index contributed by atoms with van der Waals surface area (Å²) >= 11 is 0. The SMILES string of the molecule is CC(C)CCCC(CC(C)C)OC(=O)C1CCCC(C(=O)O)C1. The Morgan fingerprint density at radius 1 is 1.04 bits per heavy atom. The van der Waals surface area contributed by atoms with Gasteiger partial charge in [-0.05, 0) is 50.4 Å². The van der Waals surface area contributed by atoms with Gasteiger partial charge in [0.15, 0.2) is 0 Å². The number of carboxylic acid groups (broad SMARTS) is 1. The first-order valence-corrected chi connectivity index (χ1v) is 9.22. The molecule has 0 amide bonds. The lowest BCUT2D eigenvalue weighted by molar-refractivity contribution is -0.158. The van der Waals surface area contributed by atoms with Crippen molar-refractivity contribution in [3.8, 4) is 0 Å². The van der Waals surface area contributed by atoms with Crippen molar-refractivity contribution in [3.63, 3.8) is 0 Å². The van der Waals surface area contributed by atoms with Gasteiger partial charge in [0.05, 0.1) is 11.8 Å². The van der Waals surface area contributed by atoms with Gasteiger partial charge >= 0.3 is 11.9 Å². The van der Waals surface area contributed by atoms with Gasteiger partial charge in [-0.25, -0.2) is 0 Å². The smallest absolute Gasteiger partial charge is 0.309 e. The second-order valence-electron chi connectivity index (χ2n) is 7.91. The molecule has 134 valence electrons.